The van der Waals surface area contributed by atoms with Crippen LogP contribution < -0.4 is 11.1 Å². The minimum Gasteiger partial charge on any atom is -0.477 e. The first-order chi connectivity index (χ1) is 7.90. The van der Waals surface area contributed by atoms with Gasteiger partial charge in [0.1, 0.15) is 4.88 Å². The van der Waals surface area contributed by atoms with Crippen LogP contribution in [0.3, 0.4) is 0 Å². The molecule has 1 atom stereocenters. The van der Waals surface area contributed by atoms with E-state index in [1.54, 1.807) is 6.92 Å². The minimum atomic E-state index is -1.07. The molecule has 1 aromatic rings. The van der Waals surface area contributed by atoms with Crippen molar-refractivity contribution in [2.75, 3.05) is 0 Å². The zero-order valence-electron chi connectivity index (χ0n) is 9.10. The highest BCUT2D eigenvalue weighted by molar-refractivity contribution is 7.15. The molecule has 17 heavy (non-hydrogen) atoms. The van der Waals surface area contributed by atoms with E-state index in [0.29, 0.717) is 4.88 Å². The first-order valence-corrected chi connectivity index (χ1v) is 5.64. The Balaban J connectivity index is 2.63. The second kappa shape index (κ2) is 5.44. The van der Waals surface area contributed by atoms with Crippen LogP contribution in [0.25, 0.3) is 0 Å². The number of nitrogens with one attached hydrogen (secondary N) is 1. The average Bonchev–Trinajstić information content (AvgIpc) is 2.64. The fourth-order valence-electron chi connectivity index (χ4n) is 1.22. The molecule has 0 aliphatic rings. The van der Waals surface area contributed by atoms with Crippen LogP contribution in [0.15, 0.2) is 12.1 Å². The Morgan fingerprint density at radius 3 is 2.47 bits per heavy atom. The van der Waals surface area contributed by atoms with Crippen LogP contribution in [-0.2, 0) is 4.79 Å². The number of primary amides is 1. The molecule has 92 valence electrons. The monoisotopic (exact) mass is 256 g/mol. The molecule has 1 rings (SSSR count). The number of carboxylic acids is 1. The van der Waals surface area contributed by atoms with Crippen LogP contribution >= 0.6 is 11.3 Å². The molecule has 4 N–H and O–H groups in total. The quantitative estimate of drug-likeness (QED) is 0.710. The van der Waals surface area contributed by atoms with Crippen molar-refractivity contribution in [3.63, 3.8) is 0 Å². The van der Waals surface area contributed by atoms with Gasteiger partial charge in [0.25, 0.3) is 5.91 Å². The Kier molecular flexibility index (Phi) is 4.22. The van der Waals surface area contributed by atoms with Gasteiger partial charge in [0.15, 0.2) is 0 Å². The number of amides is 2. The molecular weight excluding hydrogens is 244 g/mol. The van der Waals surface area contributed by atoms with Crippen molar-refractivity contribution in [1.29, 1.82) is 0 Å². The molecule has 1 aromatic heterocycles. The number of aromatic carboxylic acids is 1. The topological polar surface area (TPSA) is 109 Å². The van der Waals surface area contributed by atoms with Crippen LogP contribution in [0.4, 0.5) is 0 Å². The molecule has 1 heterocycles. The molecule has 0 radical (unpaired) electrons. The number of rotatable bonds is 5. The lowest BCUT2D eigenvalue weighted by molar-refractivity contribution is -0.118. The summed E-state index contributed by atoms with van der Waals surface area (Å²) in [6.45, 7) is 1.65. The Labute approximate surface area is 101 Å². The van der Waals surface area contributed by atoms with Crippen molar-refractivity contribution in [3.05, 3.63) is 21.9 Å². The second-order valence-corrected chi connectivity index (χ2v) is 4.60. The van der Waals surface area contributed by atoms with Crippen LogP contribution in [0.2, 0.25) is 0 Å². The average molecular weight is 256 g/mol. The van der Waals surface area contributed by atoms with Crippen molar-refractivity contribution in [3.8, 4) is 0 Å². The van der Waals surface area contributed by atoms with Crippen molar-refractivity contribution in [2.45, 2.75) is 19.4 Å². The maximum absolute atomic E-state index is 11.6. The van der Waals surface area contributed by atoms with E-state index in [2.05, 4.69) is 5.32 Å². The zero-order valence-corrected chi connectivity index (χ0v) is 9.91. The van der Waals surface area contributed by atoms with Gasteiger partial charge in [0.05, 0.1) is 4.88 Å². The largest absolute Gasteiger partial charge is 0.477 e. The first-order valence-electron chi connectivity index (χ1n) is 4.82. The summed E-state index contributed by atoms with van der Waals surface area (Å²) in [4.78, 5) is 33.3. The predicted octanol–water partition coefficient (Wildman–Crippen LogP) is 0.440. The Bertz CT molecular complexity index is 455. The fourth-order valence-corrected chi connectivity index (χ4v) is 1.97. The van der Waals surface area contributed by atoms with Crippen LogP contribution in [0, 0.1) is 0 Å². The highest BCUT2D eigenvalue weighted by atomic mass is 32.1. The van der Waals surface area contributed by atoms with Crippen molar-refractivity contribution in [2.24, 2.45) is 5.73 Å². The van der Waals surface area contributed by atoms with E-state index in [0.717, 1.165) is 11.3 Å². The maximum atomic E-state index is 11.6. The molecule has 1 unspecified atom stereocenters. The smallest absolute Gasteiger partial charge is 0.345 e. The van der Waals surface area contributed by atoms with Crippen LogP contribution in [0.1, 0.15) is 32.7 Å². The fraction of sp³-hybridized carbons (Fsp3) is 0.300. The van der Waals surface area contributed by atoms with E-state index in [-0.39, 0.29) is 17.3 Å². The highest BCUT2D eigenvalue weighted by Crippen LogP contribution is 2.16. The van der Waals surface area contributed by atoms with Gasteiger partial charge in [0, 0.05) is 12.5 Å². The third-order valence-electron chi connectivity index (χ3n) is 1.93. The summed E-state index contributed by atoms with van der Waals surface area (Å²) >= 11 is 0.882. The Morgan fingerprint density at radius 2 is 2.00 bits per heavy atom. The summed E-state index contributed by atoms with van der Waals surface area (Å²) in [5.41, 5.74) is 4.99. The molecule has 0 aliphatic carbocycles. The lowest BCUT2D eigenvalue weighted by Gasteiger charge is -2.10. The number of hydrogen-bond acceptors (Lipinski definition) is 4. The summed E-state index contributed by atoms with van der Waals surface area (Å²) < 4.78 is 0. The van der Waals surface area contributed by atoms with E-state index in [1.165, 1.54) is 12.1 Å². The van der Waals surface area contributed by atoms with Gasteiger partial charge in [-0.3, -0.25) is 9.59 Å². The van der Waals surface area contributed by atoms with Gasteiger partial charge in [-0.05, 0) is 19.1 Å². The van der Waals surface area contributed by atoms with Crippen LogP contribution in [0.5, 0.6) is 0 Å². The summed E-state index contributed by atoms with van der Waals surface area (Å²) in [6, 6.07) is 2.41. The van der Waals surface area contributed by atoms with Crippen molar-refractivity contribution < 1.29 is 19.5 Å². The van der Waals surface area contributed by atoms with E-state index < -0.39 is 17.8 Å². The Hall–Kier alpha value is -1.89. The Morgan fingerprint density at radius 1 is 1.41 bits per heavy atom. The number of nitrogens with two attached hydrogens (primary N) is 1. The molecular formula is C10H12N2O4S. The SMILES string of the molecule is CC(CC(N)=O)NC(=O)c1ccc(C(=O)O)s1. The van der Waals surface area contributed by atoms with E-state index in [1.807, 2.05) is 0 Å². The summed E-state index contributed by atoms with van der Waals surface area (Å²) in [5.74, 6) is -1.98. The van der Waals surface area contributed by atoms with Crippen LogP contribution in [-0.4, -0.2) is 28.9 Å². The van der Waals surface area contributed by atoms with E-state index in [9.17, 15) is 14.4 Å². The molecule has 0 spiro atoms. The standard InChI is InChI=1S/C10H12N2O4S/c1-5(4-8(11)13)12-9(14)6-2-3-7(17-6)10(15)16/h2-3,5H,4H2,1H3,(H2,11,13)(H,12,14)(H,15,16). The van der Waals surface area contributed by atoms with Gasteiger partial charge in [-0.15, -0.1) is 11.3 Å². The summed E-state index contributed by atoms with van der Waals surface area (Å²) in [5, 5.41) is 11.3. The number of hydrogen-bond donors (Lipinski definition) is 3. The molecule has 0 saturated carbocycles. The lowest BCUT2D eigenvalue weighted by atomic mass is 10.2. The maximum Gasteiger partial charge on any atom is 0.345 e. The van der Waals surface area contributed by atoms with Gasteiger partial charge in [0.2, 0.25) is 5.91 Å². The minimum absolute atomic E-state index is 0.0445. The molecule has 0 bridgehead atoms. The normalized spacial score (nSPS) is 11.8. The molecule has 7 heteroatoms. The predicted molar refractivity (Wildman–Crippen MR) is 62.0 cm³/mol. The van der Waals surface area contributed by atoms with E-state index >= 15 is 0 Å². The second-order valence-electron chi connectivity index (χ2n) is 3.51. The molecule has 2 amide bonds. The van der Waals surface area contributed by atoms with Crippen molar-refractivity contribution >= 4 is 29.1 Å². The number of carboxylic acid groups (broad SMARTS) is 1. The van der Waals surface area contributed by atoms with Gasteiger partial charge >= 0.3 is 5.97 Å². The third-order valence-corrected chi connectivity index (χ3v) is 3.00. The van der Waals surface area contributed by atoms with Gasteiger partial charge in [-0.25, -0.2) is 4.79 Å². The van der Waals surface area contributed by atoms with Gasteiger partial charge in [-0.1, -0.05) is 0 Å². The summed E-state index contributed by atoms with van der Waals surface area (Å²) in [6.07, 6.45) is 0.0445. The molecule has 0 saturated heterocycles. The number of carbonyl (C=O) groups is 3. The number of thiophene rings is 1. The lowest BCUT2D eigenvalue weighted by Crippen LogP contribution is -2.35. The van der Waals surface area contributed by atoms with E-state index in [4.69, 9.17) is 10.8 Å². The first kappa shape index (κ1) is 13.2. The molecule has 6 nitrogen and oxygen atoms in total. The van der Waals surface area contributed by atoms with Crippen molar-refractivity contribution in [1.82, 2.24) is 5.32 Å². The molecule has 0 aliphatic heterocycles. The third kappa shape index (κ3) is 3.87. The van der Waals surface area contributed by atoms with Gasteiger partial charge in [-0.2, -0.15) is 0 Å². The summed E-state index contributed by atoms with van der Waals surface area (Å²) in [7, 11) is 0. The van der Waals surface area contributed by atoms with Gasteiger partial charge < -0.3 is 16.2 Å². The highest BCUT2D eigenvalue weighted by Gasteiger charge is 2.15. The molecule has 0 fully saturated rings. The zero-order chi connectivity index (χ0) is 13.0. The number of carbonyl (C=O) groups excluding carboxylic acids is 2. The molecule has 0 aromatic carbocycles.